The number of amides is 2. The minimum atomic E-state index is -0.470. The van der Waals surface area contributed by atoms with Gasteiger partial charge in [0, 0.05) is 21.2 Å². The lowest BCUT2D eigenvalue weighted by atomic mass is 10.1. The van der Waals surface area contributed by atoms with Crippen molar-refractivity contribution in [1.82, 2.24) is 4.90 Å². The van der Waals surface area contributed by atoms with Crippen LogP contribution in [0.5, 0.6) is 5.75 Å². The van der Waals surface area contributed by atoms with Gasteiger partial charge in [-0.1, -0.05) is 65.1 Å². The number of nitrogens with zero attached hydrogens (tertiary/aromatic N) is 1. The second-order valence-corrected chi connectivity index (χ2v) is 9.27. The SMILES string of the molecule is O=C1S/C(=C\c2ccccc2OCc2c(F)cccc2Cl)C(=O)N1Cc1ccc(Cl)cc1Cl. The van der Waals surface area contributed by atoms with E-state index >= 15 is 0 Å². The molecule has 0 unspecified atom stereocenters. The molecule has 1 fully saturated rings. The summed E-state index contributed by atoms with van der Waals surface area (Å²) in [5, 5.41) is 0.686. The van der Waals surface area contributed by atoms with E-state index in [1.807, 2.05) is 0 Å². The summed E-state index contributed by atoms with van der Waals surface area (Å²) >= 11 is 19.0. The van der Waals surface area contributed by atoms with Gasteiger partial charge in [-0.3, -0.25) is 14.5 Å². The van der Waals surface area contributed by atoms with Crippen molar-refractivity contribution in [1.29, 1.82) is 0 Å². The molecule has 4 nitrogen and oxygen atoms in total. The number of benzene rings is 3. The number of rotatable bonds is 6. The zero-order valence-electron chi connectivity index (χ0n) is 16.9. The fourth-order valence-corrected chi connectivity index (χ4v) is 4.66. The Bertz CT molecular complexity index is 1260. The molecule has 1 heterocycles. The van der Waals surface area contributed by atoms with Crippen LogP contribution in [0.25, 0.3) is 6.08 Å². The Kier molecular flexibility index (Phi) is 7.29. The first kappa shape index (κ1) is 23.6. The number of thioether (sulfide) groups is 1. The second-order valence-electron chi connectivity index (χ2n) is 7.03. The molecule has 0 aliphatic carbocycles. The molecule has 33 heavy (non-hydrogen) atoms. The van der Waals surface area contributed by atoms with Gasteiger partial charge in [-0.25, -0.2) is 4.39 Å². The lowest BCUT2D eigenvalue weighted by Gasteiger charge is -2.14. The molecule has 1 saturated heterocycles. The van der Waals surface area contributed by atoms with Crippen molar-refractivity contribution < 1.29 is 18.7 Å². The highest BCUT2D eigenvalue weighted by atomic mass is 35.5. The summed E-state index contributed by atoms with van der Waals surface area (Å²) < 4.78 is 19.9. The first-order chi connectivity index (χ1) is 15.8. The zero-order valence-corrected chi connectivity index (χ0v) is 19.9. The normalized spacial score (nSPS) is 14.9. The van der Waals surface area contributed by atoms with E-state index in [1.165, 1.54) is 12.1 Å². The number of imide groups is 1. The average Bonchev–Trinajstić information content (AvgIpc) is 3.03. The molecule has 4 rings (SSSR count). The van der Waals surface area contributed by atoms with E-state index in [9.17, 15) is 14.0 Å². The van der Waals surface area contributed by atoms with Gasteiger partial charge in [-0.2, -0.15) is 0 Å². The van der Waals surface area contributed by atoms with E-state index in [-0.39, 0.29) is 28.6 Å². The lowest BCUT2D eigenvalue weighted by Crippen LogP contribution is -2.27. The largest absolute Gasteiger partial charge is 0.488 e. The van der Waals surface area contributed by atoms with Crippen molar-refractivity contribution in [2.75, 3.05) is 0 Å². The Hall–Kier alpha value is -2.51. The zero-order chi connectivity index (χ0) is 23.5. The maximum atomic E-state index is 14.1. The molecule has 1 aliphatic rings. The van der Waals surface area contributed by atoms with Crippen molar-refractivity contribution >= 4 is 63.8 Å². The van der Waals surface area contributed by atoms with Crippen LogP contribution in [0.4, 0.5) is 9.18 Å². The minimum Gasteiger partial charge on any atom is -0.488 e. The number of hydrogen-bond acceptors (Lipinski definition) is 4. The third-order valence-electron chi connectivity index (χ3n) is 4.86. The highest BCUT2D eigenvalue weighted by Crippen LogP contribution is 2.36. The van der Waals surface area contributed by atoms with E-state index in [4.69, 9.17) is 39.5 Å². The van der Waals surface area contributed by atoms with E-state index in [0.717, 1.165) is 16.7 Å². The van der Waals surface area contributed by atoms with Crippen LogP contribution in [0.1, 0.15) is 16.7 Å². The van der Waals surface area contributed by atoms with Crippen molar-refractivity contribution in [2.45, 2.75) is 13.2 Å². The first-order valence-corrected chi connectivity index (χ1v) is 11.6. The molecule has 0 saturated carbocycles. The van der Waals surface area contributed by atoms with Gasteiger partial charge in [0.1, 0.15) is 18.2 Å². The van der Waals surface area contributed by atoms with Gasteiger partial charge < -0.3 is 4.74 Å². The molecule has 0 atom stereocenters. The van der Waals surface area contributed by atoms with Crippen molar-refractivity contribution in [3.8, 4) is 5.75 Å². The molecular weight excluding hydrogens is 508 g/mol. The van der Waals surface area contributed by atoms with E-state index in [2.05, 4.69) is 0 Å². The standard InChI is InChI=1S/C24H15Cl3FNO3S/c25-16-9-8-15(19(27)11-16)12-29-23(30)22(33-24(29)31)10-14-4-1-2-7-21(14)32-13-17-18(26)5-3-6-20(17)28/h1-11H,12-13H2/b22-10-. The Morgan fingerprint density at radius 3 is 2.52 bits per heavy atom. The molecule has 0 N–H and O–H groups in total. The van der Waals surface area contributed by atoms with Gasteiger partial charge >= 0.3 is 0 Å². The van der Waals surface area contributed by atoms with Crippen molar-refractivity contribution in [3.63, 3.8) is 0 Å². The van der Waals surface area contributed by atoms with Gasteiger partial charge in [-0.15, -0.1) is 0 Å². The highest BCUT2D eigenvalue weighted by molar-refractivity contribution is 8.18. The summed E-state index contributed by atoms with van der Waals surface area (Å²) in [5.74, 6) is -0.491. The molecule has 168 valence electrons. The molecule has 0 aromatic heterocycles. The molecule has 0 spiro atoms. The Balaban J connectivity index is 1.54. The molecule has 0 radical (unpaired) electrons. The van der Waals surface area contributed by atoms with Gasteiger partial charge in [0.25, 0.3) is 11.1 Å². The van der Waals surface area contributed by atoms with Crippen LogP contribution < -0.4 is 4.74 Å². The van der Waals surface area contributed by atoms with Crippen LogP contribution in [0.3, 0.4) is 0 Å². The van der Waals surface area contributed by atoms with Gasteiger partial charge in [0.2, 0.25) is 0 Å². The maximum Gasteiger partial charge on any atom is 0.293 e. The summed E-state index contributed by atoms with van der Waals surface area (Å²) in [5.41, 5.74) is 1.41. The number of carbonyl (C=O) groups is 2. The van der Waals surface area contributed by atoms with Crippen molar-refractivity contribution in [2.24, 2.45) is 0 Å². The summed E-state index contributed by atoms with van der Waals surface area (Å²) in [6.07, 6.45) is 1.58. The van der Waals surface area contributed by atoms with E-state index in [0.29, 0.717) is 26.9 Å². The topological polar surface area (TPSA) is 46.6 Å². The first-order valence-electron chi connectivity index (χ1n) is 9.67. The van der Waals surface area contributed by atoms with Crippen LogP contribution in [0.2, 0.25) is 15.1 Å². The van der Waals surface area contributed by atoms with Gasteiger partial charge in [0.05, 0.1) is 16.5 Å². The third-order valence-corrected chi connectivity index (χ3v) is 6.70. The predicted octanol–water partition coefficient (Wildman–Crippen LogP) is 7.60. The molecular formula is C24H15Cl3FNO3S. The summed E-state index contributed by atoms with van der Waals surface area (Å²) in [7, 11) is 0. The molecule has 2 amide bonds. The summed E-state index contributed by atoms with van der Waals surface area (Å²) in [6.45, 7) is -0.0607. The fourth-order valence-electron chi connectivity index (χ4n) is 3.15. The number of ether oxygens (including phenoxy) is 1. The smallest absolute Gasteiger partial charge is 0.293 e. The highest BCUT2D eigenvalue weighted by Gasteiger charge is 2.35. The second kappa shape index (κ2) is 10.2. The van der Waals surface area contributed by atoms with Crippen LogP contribution in [-0.2, 0) is 17.9 Å². The number of para-hydroxylation sites is 1. The van der Waals surface area contributed by atoms with E-state index in [1.54, 1.807) is 54.6 Å². The number of halogens is 4. The Morgan fingerprint density at radius 1 is 0.970 bits per heavy atom. The van der Waals surface area contributed by atoms with Gasteiger partial charge in [0.15, 0.2) is 0 Å². The monoisotopic (exact) mass is 521 g/mol. The van der Waals surface area contributed by atoms with Crippen LogP contribution >= 0.6 is 46.6 Å². The Labute approximate surface area is 208 Å². The summed E-state index contributed by atoms with van der Waals surface area (Å²) in [6, 6.07) is 16.2. The van der Waals surface area contributed by atoms with Gasteiger partial charge in [-0.05, 0) is 53.7 Å². The molecule has 3 aromatic carbocycles. The lowest BCUT2D eigenvalue weighted by molar-refractivity contribution is -0.123. The van der Waals surface area contributed by atoms with E-state index < -0.39 is 17.0 Å². The van der Waals surface area contributed by atoms with Crippen molar-refractivity contribution in [3.05, 3.63) is 103 Å². The predicted molar refractivity (Wildman–Crippen MR) is 130 cm³/mol. The van der Waals surface area contributed by atoms with Crippen LogP contribution in [0, 0.1) is 5.82 Å². The number of hydrogen-bond donors (Lipinski definition) is 0. The molecule has 3 aromatic rings. The maximum absolute atomic E-state index is 14.1. The fraction of sp³-hybridized carbons (Fsp3) is 0.0833. The Morgan fingerprint density at radius 2 is 1.76 bits per heavy atom. The molecule has 9 heteroatoms. The van der Waals surface area contributed by atoms with Crippen LogP contribution in [0.15, 0.2) is 65.6 Å². The minimum absolute atomic E-state index is 0.0297. The summed E-state index contributed by atoms with van der Waals surface area (Å²) in [4.78, 5) is 26.8. The molecule has 1 aliphatic heterocycles. The van der Waals surface area contributed by atoms with Crippen LogP contribution in [-0.4, -0.2) is 16.0 Å². The number of carbonyl (C=O) groups excluding carboxylic acids is 2. The average molecular weight is 523 g/mol. The quantitative estimate of drug-likeness (QED) is 0.313. The molecule has 0 bridgehead atoms. The third kappa shape index (κ3) is 5.36.